The van der Waals surface area contributed by atoms with Gasteiger partial charge in [0.1, 0.15) is 5.75 Å². The summed E-state index contributed by atoms with van der Waals surface area (Å²) in [7, 11) is 1.69. The Bertz CT molecular complexity index is 423. The molecule has 1 heterocycles. The van der Waals surface area contributed by atoms with Crippen LogP contribution >= 0.6 is 22.6 Å². The standard InChI is InChI=1S/C11H10INO/c1-14-11-5-4-9(8-10(11)12)13-6-2-3-7-13/h2-8H,1H3. The van der Waals surface area contributed by atoms with E-state index in [2.05, 4.69) is 33.2 Å². The van der Waals surface area contributed by atoms with Gasteiger partial charge in [-0.05, 0) is 52.9 Å². The zero-order chi connectivity index (χ0) is 9.97. The molecule has 0 unspecified atom stereocenters. The van der Waals surface area contributed by atoms with Crippen LogP contribution in [-0.2, 0) is 0 Å². The fourth-order valence-electron chi connectivity index (χ4n) is 1.32. The number of halogens is 1. The first-order valence-electron chi connectivity index (χ1n) is 4.28. The average Bonchev–Trinajstić information content (AvgIpc) is 2.70. The summed E-state index contributed by atoms with van der Waals surface area (Å²) in [6, 6.07) is 10.1. The Kier molecular flexibility index (Phi) is 2.77. The highest BCUT2D eigenvalue weighted by molar-refractivity contribution is 14.1. The highest BCUT2D eigenvalue weighted by atomic mass is 127. The fourth-order valence-corrected chi connectivity index (χ4v) is 2.04. The van der Waals surface area contributed by atoms with Crippen molar-refractivity contribution in [2.45, 2.75) is 0 Å². The number of ether oxygens (including phenoxy) is 1. The van der Waals surface area contributed by atoms with Gasteiger partial charge in [0.2, 0.25) is 0 Å². The van der Waals surface area contributed by atoms with Crippen molar-refractivity contribution >= 4 is 22.6 Å². The van der Waals surface area contributed by atoms with Crippen molar-refractivity contribution < 1.29 is 4.74 Å². The molecule has 0 aliphatic rings. The summed E-state index contributed by atoms with van der Waals surface area (Å²) in [6.07, 6.45) is 4.05. The van der Waals surface area contributed by atoms with E-state index in [1.165, 1.54) is 0 Å². The van der Waals surface area contributed by atoms with Crippen LogP contribution in [0.2, 0.25) is 0 Å². The molecule has 0 spiro atoms. The number of hydrogen-bond acceptors (Lipinski definition) is 1. The van der Waals surface area contributed by atoms with Gasteiger partial charge in [-0.1, -0.05) is 0 Å². The molecule has 1 aromatic carbocycles. The lowest BCUT2D eigenvalue weighted by Gasteiger charge is -2.06. The van der Waals surface area contributed by atoms with Crippen LogP contribution in [-0.4, -0.2) is 11.7 Å². The average molecular weight is 299 g/mol. The van der Waals surface area contributed by atoms with E-state index < -0.39 is 0 Å². The normalized spacial score (nSPS) is 10.1. The zero-order valence-electron chi connectivity index (χ0n) is 7.77. The molecule has 14 heavy (non-hydrogen) atoms. The summed E-state index contributed by atoms with van der Waals surface area (Å²) in [5.41, 5.74) is 1.15. The maximum atomic E-state index is 5.20. The largest absolute Gasteiger partial charge is 0.496 e. The molecular weight excluding hydrogens is 289 g/mol. The second-order valence-electron chi connectivity index (χ2n) is 2.91. The van der Waals surface area contributed by atoms with Gasteiger partial charge in [0, 0.05) is 18.1 Å². The number of rotatable bonds is 2. The third-order valence-corrected chi connectivity index (χ3v) is 2.88. The van der Waals surface area contributed by atoms with Gasteiger partial charge in [0.25, 0.3) is 0 Å². The van der Waals surface area contributed by atoms with E-state index in [1.54, 1.807) is 7.11 Å². The maximum Gasteiger partial charge on any atom is 0.132 e. The number of hydrogen-bond donors (Lipinski definition) is 0. The fraction of sp³-hybridized carbons (Fsp3) is 0.0909. The third-order valence-electron chi connectivity index (χ3n) is 2.04. The van der Waals surface area contributed by atoms with E-state index in [9.17, 15) is 0 Å². The summed E-state index contributed by atoms with van der Waals surface area (Å²) < 4.78 is 8.39. The zero-order valence-corrected chi connectivity index (χ0v) is 9.93. The summed E-state index contributed by atoms with van der Waals surface area (Å²) in [4.78, 5) is 0. The first-order chi connectivity index (χ1) is 6.81. The van der Waals surface area contributed by atoms with E-state index >= 15 is 0 Å². The van der Waals surface area contributed by atoms with E-state index in [0.717, 1.165) is 15.0 Å². The first-order valence-corrected chi connectivity index (χ1v) is 5.36. The van der Waals surface area contributed by atoms with Gasteiger partial charge in [-0.15, -0.1) is 0 Å². The molecule has 0 saturated heterocycles. The molecule has 2 aromatic rings. The topological polar surface area (TPSA) is 14.2 Å². The molecule has 72 valence electrons. The second kappa shape index (κ2) is 4.04. The molecule has 0 aliphatic heterocycles. The molecule has 0 amide bonds. The third kappa shape index (κ3) is 1.77. The Hall–Kier alpha value is -0.970. The summed E-state index contributed by atoms with van der Waals surface area (Å²) >= 11 is 2.27. The Labute approximate surface area is 96.6 Å². The van der Waals surface area contributed by atoms with Crippen LogP contribution in [0.4, 0.5) is 0 Å². The molecule has 2 rings (SSSR count). The van der Waals surface area contributed by atoms with Gasteiger partial charge in [0.05, 0.1) is 10.7 Å². The predicted molar refractivity (Wildman–Crippen MR) is 65.0 cm³/mol. The maximum absolute atomic E-state index is 5.20. The Morgan fingerprint density at radius 1 is 1.21 bits per heavy atom. The smallest absolute Gasteiger partial charge is 0.132 e. The molecule has 0 N–H and O–H groups in total. The Balaban J connectivity index is 2.43. The summed E-state index contributed by atoms with van der Waals surface area (Å²) in [5, 5.41) is 0. The molecular formula is C11H10INO. The Morgan fingerprint density at radius 2 is 1.93 bits per heavy atom. The first kappa shape index (κ1) is 9.58. The minimum absolute atomic E-state index is 0.918. The quantitative estimate of drug-likeness (QED) is 0.777. The molecule has 0 saturated carbocycles. The number of aromatic nitrogens is 1. The minimum Gasteiger partial charge on any atom is -0.496 e. The predicted octanol–water partition coefficient (Wildman–Crippen LogP) is 3.09. The monoisotopic (exact) mass is 299 g/mol. The van der Waals surface area contributed by atoms with Gasteiger partial charge in [-0.25, -0.2) is 0 Å². The van der Waals surface area contributed by atoms with Gasteiger partial charge in [-0.3, -0.25) is 0 Å². The van der Waals surface area contributed by atoms with E-state index in [4.69, 9.17) is 4.74 Å². The molecule has 0 radical (unpaired) electrons. The van der Waals surface area contributed by atoms with Gasteiger partial charge < -0.3 is 9.30 Å². The van der Waals surface area contributed by atoms with Crippen LogP contribution in [0.25, 0.3) is 5.69 Å². The molecule has 3 heteroatoms. The second-order valence-corrected chi connectivity index (χ2v) is 4.07. The number of methoxy groups -OCH3 is 1. The van der Waals surface area contributed by atoms with Crippen molar-refractivity contribution in [3.8, 4) is 11.4 Å². The van der Waals surface area contributed by atoms with E-state index in [1.807, 2.05) is 36.7 Å². The lowest BCUT2D eigenvalue weighted by Crippen LogP contribution is -1.92. The molecule has 2 nitrogen and oxygen atoms in total. The van der Waals surface area contributed by atoms with Crippen LogP contribution in [0, 0.1) is 3.57 Å². The molecule has 1 aromatic heterocycles. The van der Waals surface area contributed by atoms with Gasteiger partial charge in [-0.2, -0.15) is 0 Å². The van der Waals surface area contributed by atoms with Crippen LogP contribution in [0.15, 0.2) is 42.7 Å². The van der Waals surface area contributed by atoms with Crippen molar-refractivity contribution in [2.24, 2.45) is 0 Å². The van der Waals surface area contributed by atoms with Crippen molar-refractivity contribution in [3.05, 3.63) is 46.3 Å². The lowest BCUT2D eigenvalue weighted by molar-refractivity contribution is 0.412. The van der Waals surface area contributed by atoms with Crippen molar-refractivity contribution in [1.29, 1.82) is 0 Å². The number of benzene rings is 1. The van der Waals surface area contributed by atoms with Crippen molar-refractivity contribution in [1.82, 2.24) is 4.57 Å². The minimum atomic E-state index is 0.918. The van der Waals surface area contributed by atoms with Crippen LogP contribution in [0.3, 0.4) is 0 Å². The lowest BCUT2D eigenvalue weighted by atomic mass is 10.3. The van der Waals surface area contributed by atoms with Crippen LogP contribution in [0.5, 0.6) is 5.75 Å². The summed E-state index contributed by atoms with van der Waals surface area (Å²) in [5.74, 6) is 0.918. The molecule has 0 fully saturated rings. The SMILES string of the molecule is COc1ccc(-n2cccc2)cc1I. The Morgan fingerprint density at radius 3 is 2.50 bits per heavy atom. The highest BCUT2D eigenvalue weighted by Gasteiger charge is 2.01. The molecule has 0 bridgehead atoms. The highest BCUT2D eigenvalue weighted by Crippen LogP contribution is 2.23. The van der Waals surface area contributed by atoms with E-state index in [0.29, 0.717) is 0 Å². The van der Waals surface area contributed by atoms with Crippen LogP contribution in [0.1, 0.15) is 0 Å². The van der Waals surface area contributed by atoms with Gasteiger partial charge >= 0.3 is 0 Å². The van der Waals surface area contributed by atoms with Crippen molar-refractivity contribution in [2.75, 3.05) is 7.11 Å². The van der Waals surface area contributed by atoms with E-state index in [-0.39, 0.29) is 0 Å². The number of nitrogens with zero attached hydrogens (tertiary/aromatic N) is 1. The molecule has 0 aliphatic carbocycles. The van der Waals surface area contributed by atoms with Gasteiger partial charge in [0.15, 0.2) is 0 Å². The van der Waals surface area contributed by atoms with Crippen LogP contribution < -0.4 is 4.74 Å². The molecule has 0 atom stereocenters. The summed E-state index contributed by atoms with van der Waals surface area (Å²) in [6.45, 7) is 0. The van der Waals surface area contributed by atoms with Crippen molar-refractivity contribution in [3.63, 3.8) is 0 Å².